The molecular formula is C40H56ClN7O6S. The molecule has 0 bridgehead atoms. The molecule has 1 aliphatic heterocycles. The molecule has 1 fully saturated rings. The van der Waals surface area contributed by atoms with Gasteiger partial charge in [0.1, 0.15) is 12.1 Å². The number of aryl methyl sites for hydroxylation is 2. The number of halogens is 1. The number of carbonyl (C=O) groups is 5. The van der Waals surface area contributed by atoms with Crippen molar-refractivity contribution in [1.82, 2.24) is 25.8 Å². The summed E-state index contributed by atoms with van der Waals surface area (Å²) in [6, 6.07) is 13.2. The predicted octanol–water partition coefficient (Wildman–Crippen LogP) is 3.66. The van der Waals surface area contributed by atoms with E-state index in [1.807, 2.05) is 81.7 Å². The number of likely N-dealkylation sites (tertiary alicyclic amines) is 1. The number of hydrogen-bond donors (Lipinski definition) is 6. The van der Waals surface area contributed by atoms with Gasteiger partial charge in [0.25, 0.3) is 0 Å². The van der Waals surface area contributed by atoms with Crippen LogP contribution in [0.4, 0.5) is 0 Å². The summed E-state index contributed by atoms with van der Waals surface area (Å²) in [7, 11) is 0. The summed E-state index contributed by atoms with van der Waals surface area (Å²) in [6.45, 7) is 8.17. The Bertz CT molecular complexity index is 1760. The molecule has 15 heteroatoms. The van der Waals surface area contributed by atoms with Crippen LogP contribution in [0.25, 0.3) is 10.4 Å². The molecule has 0 radical (unpaired) electrons. The topological polar surface area (TPSA) is 210 Å². The standard InChI is InChI=1S/C40H55N7O6S.ClH/c1-25-35(54-24-45-25)29-15-13-27(14-16-29)21-44-38(52)32-20-30(48)23-47(32)39(53)36(40(2,3)4)46-34(50)12-7-5-6-9-26-10-8-11-28(19-26)22-43-37(51)31(41)17-18-33(42)49;/h8,10-11,13-16,19,24,30-32,36,48H,5-7,9,12,17-18,20-23,41H2,1-4H3,(H2,42,49)(H,43,51)(H,44,52)(H,46,50);1H/t30-,31+,32+,36-;/m1./s1. The Labute approximate surface area is 333 Å². The summed E-state index contributed by atoms with van der Waals surface area (Å²) >= 11 is 1.58. The van der Waals surface area contributed by atoms with E-state index in [2.05, 4.69) is 20.9 Å². The van der Waals surface area contributed by atoms with Gasteiger partial charge in [-0.1, -0.05) is 75.7 Å². The van der Waals surface area contributed by atoms with E-state index in [9.17, 15) is 29.1 Å². The van der Waals surface area contributed by atoms with E-state index in [0.29, 0.717) is 13.0 Å². The van der Waals surface area contributed by atoms with E-state index in [1.54, 1.807) is 11.3 Å². The minimum atomic E-state index is -0.880. The summed E-state index contributed by atoms with van der Waals surface area (Å²) < 4.78 is 0. The van der Waals surface area contributed by atoms with Crippen LogP contribution in [-0.2, 0) is 43.5 Å². The Kier molecular flexibility index (Phi) is 17.3. The van der Waals surface area contributed by atoms with Crippen molar-refractivity contribution in [3.05, 3.63) is 76.4 Å². The number of nitrogens with two attached hydrogens (primary N) is 2. The van der Waals surface area contributed by atoms with Gasteiger partial charge in [-0.05, 0) is 60.3 Å². The molecule has 1 aliphatic rings. The molecule has 55 heavy (non-hydrogen) atoms. The van der Waals surface area contributed by atoms with Crippen LogP contribution in [0.1, 0.15) is 88.1 Å². The zero-order chi connectivity index (χ0) is 39.4. The van der Waals surface area contributed by atoms with E-state index in [-0.39, 0.29) is 74.8 Å². The average molecular weight is 798 g/mol. The molecule has 0 unspecified atom stereocenters. The molecule has 2 aromatic carbocycles. The molecule has 1 saturated heterocycles. The predicted molar refractivity (Wildman–Crippen MR) is 216 cm³/mol. The van der Waals surface area contributed by atoms with Gasteiger partial charge in [-0.3, -0.25) is 24.0 Å². The monoisotopic (exact) mass is 797 g/mol. The number of rotatable bonds is 18. The summed E-state index contributed by atoms with van der Waals surface area (Å²) in [6.07, 6.45) is 2.84. The summed E-state index contributed by atoms with van der Waals surface area (Å²) in [5.74, 6) is -1.82. The Morgan fingerprint density at radius 2 is 1.65 bits per heavy atom. The number of nitrogens with one attached hydrogen (secondary N) is 3. The number of aliphatic hydroxyl groups excluding tert-OH is 1. The Morgan fingerprint density at radius 3 is 2.31 bits per heavy atom. The maximum Gasteiger partial charge on any atom is 0.246 e. The average Bonchev–Trinajstić information content (AvgIpc) is 3.75. The van der Waals surface area contributed by atoms with Crippen LogP contribution in [0, 0.1) is 12.3 Å². The van der Waals surface area contributed by atoms with Crippen LogP contribution in [0.5, 0.6) is 0 Å². The van der Waals surface area contributed by atoms with Gasteiger partial charge in [-0.15, -0.1) is 23.7 Å². The van der Waals surface area contributed by atoms with Crippen molar-refractivity contribution in [1.29, 1.82) is 0 Å². The number of primary amides is 1. The van der Waals surface area contributed by atoms with Crippen molar-refractivity contribution in [2.24, 2.45) is 16.9 Å². The molecule has 1 aromatic heterocycles. The molecule has 4 atom stereocenters. The highest BCUT2D eigenvalue weighted by Gasteiger charge is 2.44. The number of aromatic nitrogens is 1. The number of amides is 5. The van der Waals surface area contributed by atoms with E-state index in [4.69, 9.17) is 11.5 Å². The lowest BCUT2D eigenvalue weighted by atomic mass is 9.85. The van der Waals surface area contributed by atoms with Crippen LogP contribution in [0.2, 0.25) is 0 Å². The number of nitrogens with zero attached hydrogens (tertiary/aromatic N) is 2. The van der Waals surface area contributed by atoms with Gasteiger partial charge in [-0.2, -0.15) is 0 Å². The molecule has 13 nitrogen and oxygen atoms in total. The van der Waals surface area contributed by atoms with E-state index in [1.165, 1.54) is 4.90 Å². The van der Waals surface area contributed by atoms with Crippen molar-refractivity contribution in [2.45, 2.75) is 116 Å². The highest BCUT2D eigenvalue weighted by molar-refractivity contribution is 7.13. The summed E-state index contributed by atoms with van der Waals surface area (Å²) in [5.41, 5.74) is 17.1. The Balaban J connectivity index is 0.00000812. The lowest BCUT2D eigenvalue weighted by Crippen LogP contribution is -2.57. The fraction of sp³-hybridized carbons (Fsp3) is 0.500. The SMILES string of the molecule is Cc1ncsc1-c1ccc(CNC(=O)[C@@H]2C[C@@H](O)CN2C(=O)[C@@H](NC(=O)CCCCCc2cccc(CNC(=O)[C@@H](N)CCC(N)=O)c2)C(C)(C)C)cc1.Cl. The van der Waals surface area contributed by atoms with Crippen LogP contribution in [-0.4, -0.2) is 75.3 Å². The molecular weight excluding hydrogens is 742 g/mol. The van der Waals surface area contributed by atoms with Crippen LogP contribution in [0.15, 0.2) is 54.0 Å². The first-order chi connectivity index (χ1) is 25.6. The van der Waals surface area contributed by atoms with Gasteiger partial charge >= 0.3 is 0 Å². The lowest BCUT2D eigenvalue weighted by molar-refractivity contribution is -0.144. The van der Waals surface area contributed by atoms with Gasteiger partial charge in [-0.25, -0.2) is 4.98 Å². The highest BCUT2D eigenvalue weighted by atomic mass is 35.5. The fourth-order valence-corrected chi connectivity index (χ4v) is 7.26. The molecule has 5 amide bonds. The van der Waals surface area contributed by atoms with Gasteiger partial charge in [0.15, 0.2) is 0 Å². The quantitative estimate of drug-likeness (QED) is 0.104. The maximum absolute atomic E-state index is 13.9. The van der Waals surface area contributed by atoms with E-state index < -0.39 is 35.6 Å². The first kappa shape index (κ1) is 45.0. The molecule has 3 aromatic rings. The summed E-state index contributed by atoms with van der Waals surface area (Å²) in [4.78, 5) is 70.4. The number of benzene rings is 2. The molecule has 0 saturated carbocycles. The Hall–Kier alpha value is -4.37. The van der Waals surface area contributed by atoms with Gasteiger partial charge in [0.2, 0.25) is 29.5 Å². The number of thiazole rings is 1. The van der Waals surface area contributed by atoms with Gasteiger partial charge in [0.05, 0.1) is 28.2 Å². The van der Waals surface area contributed by atoms with Gasteiger partial charge < -0.3 is 37.4 Å². The van der Waals surface area contributed by atoms with E-state index >= 15 is 0 Å². The first-order valence-corrected chi connectivity index (χ1v) is 19.4. The first-order valence-electron chi connectivity index (χ1n) is 18.6. The molecule has 8 N–H and O–H groups in total. The third-order valence-electron chi connectivity index (χ3n) is 9.58. The Morgan fingerprint density at radius 1 is 0.964 bits per heavy atom. The second-order valence-electron chi connectivity index (χ2n) is 15.2. The number of β-amino-alcohol motifs (C(OH)–C–C–N with tert-alkyl or cyclic N) is 1. The fourth-order valence-electron chi connectivity index (χ4n) is 6.45. The van der Waals surface area contributed by atoms with Crippen molar-refractivity contribution in [2.75, 3.05) is 6.54 Å². The number of unbranched alkanes of at least 4 members (excludes halogenated alkanes) is 2. The normalized spacial score (nSPS) is 16.4. The van der Waals surface area contributed by atoms with Crippen molar-refractivity contribution >= 4 is 53.3 Å². The maximum atomic E-state index is 13.9. The highest BCUT2D eigenvalue weighted by Crippen LogP contribution is 2.28. The molecule has 4 rings (SSSR count). The van der Waals surface area contributed by atoms with Gasteiger partial charge in [0, 0.05) is 38.9 Å². The van der Waals surface area contributed by atoms with Crippen molar-refractivity contribution < 1.29 is 29.1 Å². The molecule has 0 spiro atoms. The van der Waals surface area contributed by atoms with Crippen LogP contribution in [0.3, 0.4) is 0 Å². The second kappa shape index (κ2) is 21.1. The second-order valence-corrected chi connectivity index (χ2v) is 16.0. The zero-order valence-corrected chi connectivity index (χ0v) is 33.8. The molecule has 300 valence electrons. The van der Waals surface area contributed by atoms with Crippen molar-refractivity contribution in [3.63, 3.8) is 0 Å². The van der Waals surface area contributed by atoms with Crippen LogP contribution >= 0.6 is 23.7 Å². The molecule has 0 aliphatic carbocycles. The summed E-state index contributed by atoms with van der Waals surface area (Å²) in [5, 5.41) is 19.2. The van der Waals surface area contributed by atoms with Crippen LogP contribution < -0.4 is 27.4 Å². The third kappa shape index (κ3) is 13.7. The third-order valence-corrected chi connectivity index (χ3v) is 10.6. The largest absolute Gasteiger partial charge is 0.391 e. The number of aliphatic hydroxyl groups is 1. The zero-order valence-electron chi connectivity index (χ0n) is 32.1. The molecule has 2 heterocycles. The lowest BCUT2D eigenvalue weighted by Gasteiger charge is -2.35. The smallest absolute Gasteiger partial charge is 0.246 e. The minimum absolute atomic E-state index is 0. The minimum Gasteiger partial charge on any atom is -0.391 e. The van der Waals surface area contributed by atoms with Crippen molar-refractivity contribution in [3.8, 4) is 10.4 Å². The van der Waals surface area contributed by atoms with E-state index in [0.717, 1.165) is 52.1 Å². The number of carbonyl (C=O) groups excluding carboxylic acids is 5. The number of hydrogen-bond acceptors (Lipinski definition) is 9.